The van der Waals surface area contributed by atoms with E-state index in [1.165, 1.54) is 26.1 Å². The zero-order valence-corrected chi connectivity index (χ0v) is 19.2. The Morgan fingerprint density at radius 1 is 1.03 bits per heavy atom. The lowest BCUT2D eigenvalue weighted by atomic mass is 10.0. The van der Waals surface area contributed by atoms with Gasteiger partial charge < -0.3 is 20.9 Å². The standard InChI is InChI=1S/C24H28F4N4O2/c1-13(15-5-4-6-16(21(15)26)22(27)28)30-24(34)18-11-17(23(33)29-2)19(25)12-20(18)31-14-7-9-32(3)10-8-14/h4-6,11-14,22,31H,7-10H2,1-3H3,(H,29,33)(H,30,34)/t13-/m1/s1. The Bertz CT molecular complexity index is 1060. The number of hydrogen-bond donors (Lipinski definition) is 3. The van der Waals surface area contributed by atoms with Gasteiger partial charge in [-0.25, -0.2) is 17.6 Å². The maximum absolute atomic E-state index is 14.7. The third-order valence-corrected chi connectivity index (χ3v) is 6.01. The van der Waals surface area contributed by atoms with Crippen LogP contribution in [0.5, 0.6) is 0 Å². The fourth-order valence-corrected chi connectivity index (χ4v) is 3.99. The number of nitrogens with zero attached hydrogens (tertiary/aromatic N) is 1. The summed E-state index contributed by atoms with van der Waals surface area (Å²) in [5.41, 5.74) is -0.987. The summed E-state index contributed by atoms with van der Waals surface area (Å²) in [7, 11) is 3.34. The average Bonchev–Trinajstić information content (AvgIpc) is 2.80. The van der Waals surface area contributed by atoms with Crippen LogP contribution >= 0.6 is 0 Å². The molecule has 0 saturated carbocycles. The van der Waals surface area contributed by atoms with E-state index >= 15 is 0 Å². The molecule has 3 N–H and O–H groups in total. The Morgan fingerprint density at radius 2 is 1.68 bits per heavy atom. The lowest BCUT2D eigenvalue weighted by Crippen LogP contribution is -2.37. The molecular formula is C24H28F4N4O2. The van der Waals surface area contributed by atoms with E-state index in [9.17, 15) is 27.2 Å². The summed E-state index contributed by atoms with van der Waals surface area (Å²) in [6, 6.07) is 4.85. The second-order valence-corrected chi connectivity index (χ2v) is 8.42. The average molecular weight is 481 g/mol. The maximum Gasteiger partial charge on any atom is 0.266 e. The van der Waals surface area contributed by atoms with Gasteiger partial charge in [0.25, 0.3) is 18.2 Å². The van der Waals surface area contributed by atoms with Crippen LogP contribution in [0, 0.1) is 11.6 Å². The molecule has 2 aromatic rings. The van der Waals surface area contributed by atoms with Crippen molar-refractivity contribution in [2.24, 2.45) is 0 Å². The van der Waals surface area contributed by atoms with Crippen LogP contribution in [0.1, 0.15) is 64.1 Å². The quantitative estimate of drug-likeness (QED) is 0.518. The minimum Gasteiger partial charge on any atom is -0.381 e. The molecule has 10 heteroatoms. The van der Waals surface area contributed by atoms with Crippen LogP contribution in [0.15, 0.2) is 30.3 Å². The van der Waals surface area contributed by atoms with Crippen LogP contribution in [0.2, 0.25) is 0 Å². The molecule has 184 valence electrons. The van der Waals surface area contributed by atoms with Gasteiger partial charge in [0.15, 0.2) is 0 Å². The number of benzene rings is 2. The van der Waals surface area contributed by atoms with E-state index in [-0.39, 0.29) is 28.4 Å². The van der Waals surface area contributed by atoms with Gasteiger partial charge in [0.1, 0.15) is 11.6 Å². The van der Waals surface area contributed by atoms with E-state index in [0.717, 1.165) is 44.1 Å². The highest BCUT2D eigenvalue weighted by Gasteiger charge is 2.25. The first-order chi connectivity index (χ1) is 16.1. The molecular weight excluding hydrogens is 452 g/mol. The van der Waals surface area contributed by atoms with Crippen molar-refractivity contribution in [3.8, 4) is 0 Å². The summed E-state index contributed by atoms with van der Waals surface area (Å²) in [4.78, 5) is 27.4. The highest BCUT2D eigenvalue weighted by atomic mass is 19.3. The first kappa shape index (κ1) is 25.5. The molecule has 1 heterocycles. The number of likely N-dealkylation sites (tertiary alicyclic amines) is 1. The summed E-state index contributed by atoms with van der Waals surface area (Å²) < 4.78 is 55.4. The molecule has 6 nitrogen and oxygen atoms in total. The molecule has 1 fully saturated rings. The number of piperidine rings is 1. The first-order valence-corrected chi connectivity index (χ1v) is 11.0. The number of hydrogen-bond acceptors (Lipinski definition) is 4. The molecule has 0 aromatic heterocycles. The fourth-order valence-electron chi connectivity index (χ4n) is 3.99. The van der Waals surface area contributed by atoms with Crippen molar-refractivity contribution >= 4 is 17.5 Å². The Balaban J connectivity index is 1.91. The largest absolute Gasteiger partial charge is 0.381 e. The van der Waals surface area contributed by atoms with E-state index in [2.05, 4.69) is 20.9 Å². The van der Waals surface area contributed by atoms with E-state index in [4.69, 9.17) is 0 Å². The van der Waals surface area contributed by atoms with E-state index in [1.807, 2.05) is 7.05 Å². The normalized spacial score (nSPS) is 15.8. The molecule has 1 aliphatic heterocycles. The van der Waals surface area contributed by atoms with Crippen molar-refractivity contribution in [3.05, 3.63) is 64.2 Å². The van der Waals surface area contributed by atoms with Crippen molar-refractivity contribution in [2.75, 3.05) is 32.5 Å². The molecule has 0 radical (unpaired) electrons. The fraction of sp³-hybridized carbons (Fsp3) is 0.417. The second kappa shape index (κ2) is 10.9. The van der Waals surface area contributed by atoms with Gasteiger partial charge >= 0.3 is 0 Å². The molecule has 1 atom stereocenters. The Kier molecular flexibility index (Phi) is 8.14. The van der Waals surface area contributed by atoms with Crippen molar-refractivity contribution in [2.45, 2.75) is 38.3 Å². The molecule has 34 heavy (non-hydrogen) atoms. The molecule has 0 bridgehead atoms. The minimum absolute atomic E-state index is 0.00352. The molecule has 1 saturated heterocycles. The number of carbonyl (C=O) groups excluding carboxylic acids is 2. The second-order valence-electron chi connectivity index (χ2n) is 8.42. The summed E-state index contributed by atoms with van der Waals surface area (Å²) in [5.74, 6) is -3.30. The van der Waals surface area contributed by atoms with Gasteiger partial charge in [0.05, 0.1) is 28.4 Å². The van der Waals surface area contributed by atoms with Gasteiger partial charge in [0, 0.05) is 18.7 Å². The van der Waals surface area contributed by atoms with Gasteiger partial charge in [0.2, 0.25) is 0 Å². The zero-order chi connectivity index (χ0) is 25.0. The van der Waals surface area contributed by atoms with Gasteiger partial charge in [-0.1, -0.05) is 18.2 Å². The summed E-state index contributed by atoms with van der Waals surface area (Å²) >= 11 is 0. The van der Waals surface area contributed by atoms with Crippen LogP contribution in [0.25, 0.3) is 0 Å². The lowest BCUT2D eigenvalue weighted by molar-refractivity contribution is 0.0940. The Labute approximate surface area is 195 Å². The molecule has 2 aromatic carbocycles. The number of rotatable bonds is 7. The predicted molar refractivity (Wildman–Crippen MR) is 121 cm³/mol. The maximum atomic E-state index is 14.7. The molecule has 1 aliphatic rings. The highest BCUT2D eigenvalue weighted by Crippen LogP contribution is 2.29. The van der Waals surface area contributed by atoms with Crippen LogP contribution in [-0.4, -0.2) is 49.9 Å². The smallest absolute Gasteiger partial charge is 0.266 e. The van der Waals surface area contributed by atoms with Gasteiger partial charge in [-0.2, -0.15) is 0 Å². The van der Waals surface area contributed by atoms with Crippen molar-refractivity contribution in [1.82, 2.24) is 15.5 Å². The number of amides is 2. The Hall–Kier alpha value is -3.14. The van der Waals surface area contributed by atoms with Crippen molar-refractivity contribution in [1.29, 1.82) is 0 Å². The highest BCUT2D eigenvalue weighted by molar-refractivity contribution is 6.03. The minimum atomic E-state index is -3.00. The van der Waals surface area contributed by atoms with Crippen LogP contribution in [-0.2, 0) is 0 Å². The predicted octanol–water partition coefficient (Wildman–Crippen LogP) is 4.26. The van der Waals surface area contributed by atoms with Crippen molar-refractivity contribution < 1.29 is 27.2 Å². The van der Waals surface area contributed by atoms with Crippen molar-refractivity contribution in [3.63, 3.8) is 0 Å². The van der Waals surface area contributed by atoms with Crippen LogP contribution in [0.4, 0.5) is 23.2 Å². The van der Waals surface area contributed by atoms with Gasteiger partial charge in [-0.05, 0) is 52.0 Å². The lowest BCUT2D eigenvalue weighted by Gasteiger charge is -2.31. The molecule has 2 amide bonds. The SMILES string of the molecule is CNC(=O)c1cc(C(=O)N[C@H](C)c2cccc(C(F)F)c2F)c(NC2CCN(C)CC2)cc1F. The molecule has 0 spiro atoms. The number of halogens is 4. The number of alkyl halides is 2. The summed E-state index contributed by atoms with van der Waals surface area (Å²) in [6.07, 6.45) is -1.45. The molecule has 0 aliphatic carbocycles. The topological polar surface area (TPSA) is 73.5 Å². The van der Waals surface area contributed by atoms with E-state index in [0.29, 0.717) is 0 Å². The van der Waals surface area contributed by atoms with E-state index in [1.54, 1.807) is 0 Å². The third kappa shape index (κ3) is 5.67. The number of nitrogens with one attached hydrogen (secondary N) is 3. The molecule has 0 unspecified atom stereocenters. The van der Waals surface area contributed by atoms with Gasteiger partial charge in [-0.3, -0.25) is 9.59 Å². The summed E-state index contributed by atoms with van der Waals surface area (Å²) in [5, 5.41) is 8.10. The molecule has 3 rings (SSSR count). The Morgan fingerprint density at radius 3 is 2.29 bits per heavy atom. The van der Waals surface area contributed by atoms with Crippen LogP contribution in [0.3, 0.4) is 0 Å². The first-order valence-electron chi connectivity index (χ1n) is 11.0. The number of carbonyl (C=O) groups is 2. The third-order valence-electron chi connectivity index (χ3n) is 6.01. The monoisotopic (exact) mass is 480 g/mol. The zero-order valence-electron chi connectivity index (χ0n) is 19.2. The summed E-state index contributed by atoms with van der Waals surface area (Å²) in [6.45, 7) is 3.11. The van der Waals surface area contributed by atoms with E-state index < -0.39 is 41.5 Å². The van der Waals surface area contributed by atoms with Gasteiger partial charge in [-0.15, -0.1) is 0 Å². The van der Waals surface area contributed by atoms with Crippen LogP contribution < -0.4 is 16.0 Å². The number of anilines is 1.